The predicted molar refractivity (Wildman–Crippen MR) is 84.7 cm³/mol. The second-order valence-corrected chi connectivity index (χ2v) is 4.98. The maximum atomic E-state index is 12.5. The van der Waals surface area contributed by atoms with E-state index in [4.69, 9.17) is 0 Å². The summed E-state index contributed by atoms with van der Waals surface area (Å²) in [6.07, 6.45) is 0. The molecule has 0 fully saturated rings. The summed E-state index contributed by atoms with van der Waals surface area (Å²) in [5.74, 6) is 0.0382. The molecule has 3 nitrogen and oxygen atoms in total. The van der Waals surface area contributed by atoms with Gasteiger partial charge in [0.05, 0.1) is 0 Å². The molecule has 0 bridgehead atoms. The zero-order chi connectivity index (χ0) is 14.8. The number of nitrogens with one attached hydrogen (secondary N) is 1. The van der Waals surface area contributed by atoms with Crippen molar-refractivity contribution in [2.75, 3.05) is 5.32 Å². The van der Waals surface area contributed by atoms with E-state index in [1.54, 1.807) is 18.2 Å². The summed E-state index contributed by atoms with van der Waals surface area (Å²) in [6, 6.07) is 18.4. The molecule has 0 radical (unpaired) electrons. The van der Waals surface area contributed by atoms with Crippen LogP contribution in [-0.2, 0) is 0 Å². The third kappa shape index (κ3) is 2.58. The molecule has 3 aromatic rings. The summed E-state index contributed by atoms with van der Waals surface area (Å²) in [6.45, 7) is 1.85. The molecule has 0 heterocycles. The van der Waals surface area contributed by atoms with Gasteiger partial charge < -0.3 is 10.4 Å². The molecule has 0 aromatic heterocycles. The van der Waals surface area contributed by atoms with Crippen LogP contribution in [0, 0.1) is 6.92 Å². The van der Waals surface area contributed by atoms with E-state index >= 15 is 0 Å². The number of carbonyl (C=O) groups excluding carboxylic acids is 1. The lowest BCUT2D eigenvalue weighted by atomic mass is 10.0. The lowest BCUT2D eigenvalue weighted by Crippen LogP contribution is -2.13. The molecule has 21 heavy (non-hydrogen) atoms. The standard InChI is InChI=1S/C18H15NO2/c1-12-11-14(20)9-10-17(12)19-18(21)16-8-4-6-13-5-2-3-7-15(13)16/h2-11,20H,1H3,(H,19,21). The fourth-order valence-corrected chi connectivity index (χ4v) is 2.40. The van der Waals surface area contributed by atoms with Crippen LogP contribution in [0.3, 0.4) is 0 Å². The number of amides is 1. The molecule has 104 valence electrons. The Labute approximate surface area is 122 Å². The smallest absolute Gasteiger partial charge is 0.256 e. The topological polar surface area (TPSA) is 49.3 Å². The van der Waals surface area contributed by atoms with Crippen LogP contribution < -0.4 is 5.32 Å². The molecule has 0 atom stereocenters. The third-order valence-corrected chi connectivity index (χ3v) is 3.49. The summed E-state index contributed by atoms with van der Waals surface area (Å²) < 4.78 is 0. The summed E-state index contributed by atoms with van der Waals surface area (Å²) in [5, 5.41) is 14.3. The number of fused-ring (bicyclic) bond motifs is 1. The van der Waals surface area contributed by atoms with Crippen LogP contribution in [0.15, 0.2) is 60.7 Å². The van der Waals surface area contributed by atoms with E-state index < -0.39 is 0 Å². The Morgan fingerprint density at radius 1 is 1.00 bits per heavy atom. The van der Waals surface area contributed by atoms with Crippen molar-refractivity contribution in [3.63, 3.8) is 0 Å². The number of hydrogen-bond donors (Lipinski definition) is 2. The SMILES string of the molecule is Cc1cc(O)ccc1NC(=O)c1cccc2ccccc12. The lowest BCUT2D eigenvalue weighted by molar-refractivity contribution is 0.102. The number of aryl methyl sites for hydroxylation is 1. The Kier molecular flexibility index (Phi) is 3.32. The zero-order valence-electron chi connectivity index (χ0n) is 11.6. The first-order valence-electron chi connectivity index (χ1n) is 6.74. The molecule has 0 spiro atoms. The van der Waals surface area contributed by atoms with Gasteiger partial charge in [0.2, 0.25) is 0 Å². The highest BCUT2D eigenvalue weighted by Crippen LogP contribution is 2.23. The summed E-state index contributed by atoms with van der Waals surface area (Å²) >= 11 is 0. The second-order valence-electron chi connectivity index (χ2n) is 4.98. The molecule has 0 aliphatic heterocycles. The van der Waals surface area contributed by atoms with Crippen molar-refractivity contribution in [2.45, 2.75) is 6.92 Å². The van der Waals surface area contributed by atoms with Crippen LogP contribution in [0.1, 0.15) is 15.9 Å². The Hall–Kier alpha value is -2.81. The molecule has 0 unspecified atom stereocenters. The molecule has 3 rings (SSSR count). The van der Waals surface area contributed by atoms with E-state index in [1.807, 2.05) is 49.4 Å². The Balaban J connectivity index is 1.97. The van der Waals surface area contributed by atoms with Gasteiger partial charge in [0.1, 0.15) is 5.75 Å². The fourth-order valence-electron chi connectivity index (χ4n) is 2.40. The normalized spacial score (nSPS) is 10.5. The Morgan fingerprint density at radius 3 is 2.57 bits per heavy atom. The van der Waals surface area contributed by atoms with Crippen LogP contribution in [0.5, 0.6) is 5.75 Å². The van der Waals surface area contributed by atoms with Crippen molar-refractivity contribution < 1.29 is 9.90 Å². The number of aromatic hydroxyl groups is 1. The first-order valence-corrected chi connectivity index (χ1v) is 6.74. The minimum Gasteiger partial charge on any atom is -0.508 e. The lowest BCUT2D eigenvalue weighted by Gasteiger charge is -2.10. The highest BCUT2D eigenvalue weighted by Gasteiger charge is 2.11. The minimum atomic E-state index is -0.152. The van der Waals surface area contributed by atoms with Crippen molar-refractivity contribution in [1.82, 2.24) is 0 Å². The number of phenols is 1. The van der Waals surface area contributed by atoms with Crippen LogP contribution in [-0.4, -0.2) is 11.0 Å². The third-order valence-electron chi connectivity index (χ3n) is 3.49. The van der Waals surface area contributed by atoms with Gasteiger partial charge in [0.25, 0.3) is 5.91 Å². The monoisotopic (exact) mass is 277 g/mol. The number of rotatable bonds is 2. The first-order chi connectivity index (χ1) is 10.1. The molecule has 0 aliphatic rings. The maximum Gasteiger partial charge on any atom is 0.256 e. The summed E-state index contributed by atoms with van der Waals surface area (Å²) in [5.41, 5.74) is 2.16. The molecule has 0 saturated carbocycles. The average Bonchev–Trinajstić information content (AvgIpc) is 2.49. The van der Waals surface area contributed by atoms with Gasteiger partial charge in [-0.2, -0.15) is 0 Å². The largest absolute Gasteiger partial charge is 0.508 e. The molecule has 0 aliphatic carbocycles. The number of carbonyl (C=O) groups is 1. The molecular formula is C18H15NO2. The second kappa shape index (κ2) is 5.29. The van der Waals surface area contributed by atoms with Crippen LogP contribution in [0.2, 0.25) is 0 Å². The highest BCUT2D eigenvalue weighted by molar-refractivity contribution is 6.13. The maximum absolute atomic E-state index is 12.5. The summed E-state index contributed by atoms with van der Waals surface area (Å²) in [7, 11) is 0. The number of phenolic OH excluding ortho intramolecular Hbond substituents is 1. The van der Waals surface area contributed by atoms with Crippen molar-refractivity contribution >= 4 is 22.4 Å². The van der Waals surface area contributed by atoms with Gasteiger partial charge in [0.15, 0.2) is 0 Å². The summed E-state index contributed by atoms with van der Waals surface area (Å²) in [4.78, 5) is 12.5. The fraction of sp³-hybridized carbons (Fsp3) is 0.0556. The van der Waals surface area contributed by atoms with Crippen molar-refractivity contribution in [1.29, 1.82) is 0 Å². The van der Waals surface area contributed by atoms with E-state index in [0.29, 0.717) is 11.3 Å². The average molecular weight is 277 g/mol. The van der Waals surface area contributed by atoms with Crippen molar-refractivity contribution in [2.24, 2.45) is 0 Å². The van der Waals surface area contributed by atoms with Crippen molar-refractivity contribution in [3.8, 4) is 5.75 Å². The van der Waals surface area contributed by atoms with Gasteiger partial charge in [-0.1, -0.05) is 36.4 Å². The van der Waals surface area contributed by atoms with Crippen LogP contribution in [0.25, 0.3) is 10.8 Å². The van der Waals surface area contributed by atoms with Gasteiger partial charge in [-0.3, -0.25) is 4.79 Å². The number of anilines is 1. The van der Waals surface area contributed by atoms with E-state index in [2.05, 4.69) is 5.32 Å². The predicted octanol–water partition coefficient (Wildman–Crippen LogP) is 4.11. The molecule has 1 amide bonds. The van der Waals surface area contributed by atoms with E-state index in [0.717, 1.165) is 16.3 Å². The minimum absolute atomic E-state index is 0.152. The van der Waals surface area contributed by atoms with E-state index in [1.165, 1.54) is 0 Å². The van der Waals surface area contributed by atoms with Crippen LogP contribution in [0.4, 0.5) is 5.69 Å². The molecule has 3 heteroatoms. The van der Waals surface area contributed by atoms with Gasteiger partial charge >= 0.3 is 0 Å². The number of benzene rings is 3. The van der Waals surface area contributed by atoms with Crippen LogP contribution >= 0.6 is 0 Å². The molecule has 3 aromatic carbocycles. The Morgan fingerprint density at radius 2 is 1.76 bits per heavy atom. The van der Waals surface area contributed by atoms with Gasteiger partial charge in [-0.05, 0) is 47.5 Å². The highest BCUT2D eigenvalue weighted by atomic mass is 16.3. The van der Waals surface area contributed by atoms with Crippen molar-refractivity contribution in [3.05, 3.63) is 71.8 Å². The quantitative estimate of drug-likeness (QED) is 0.693. The van der Waals surface area contributed by atoms with E-state index in [-0.39, 0.29) is 11.7 Å². The van der Waals surface area contributed by atoms with Gasteiger partial charge in [-0.25, -0.2) is 0 Å². The number of hydrogen-bond acceptors (Lipinski definition) is 2. The van der Waals surface area contributed by atoms with Gasteiger partial charge in [-0.15, -0.1) is 0 Å². The zero-order valence-corrected chi connectivity index (χ0v) is 11.6. The first kappa shape index (κ1) is 13.2. The molecular weight excluding hydrogens is 262 g/mol. The van der Waals surface area contributed by atoms with Gasteiger partial charge in [0, 0.05) is 11.3 Å². The Bertz CT molecular complexity index is 819. The van der Waals surface area contributed by atoms with E-state index in [9.17, 15) is 9.90 Å². The molecule has 0 saturated heterocycles. The molecule has 2 N–H and O–H groups in total.